The van der Waals surface area contributed by atoms with Crippen molar-refractivity contribution in [3.8, 4) is 0 Å². The van der Waals surface area contributed by atoms with Crippen LogP contribution in [0.1, 0.15) is 20.8 Å². The third-order valence-corrected chi connectivity index (χ3v) is 3.34. The molecule has 0 saturated carbocycles. The first kappa shape index (κ1) is 16.9. The lowest BCUT2D eigenvalue weighted by atomic mass is 10.2. The van der Waals surface area contributed by atoms with Crippen LogP contribution in [0.3, 0.4) is 0 Å². The van der Waals surface area contributed by atoms with Gasteiger partial charge in [0.05, 0.1) is 0 Å². The number of hydrogen-bond acceptors (Lipinski definition) is 7. The Bertz CT molecular complexity index is 376. The molecule has 2 atom stereocenters. The van der Waals surface area contributed by atoms with Gasteiger partial charge in [-0.15, -0.1) is 0 Å². The van der Waals surface area contributed by atoms with E-state index in [1.54, 1.807) is 20.8 Å². The van der Waals surface area contributed by atoms with Crippen molar-refractivity contribution in [2.45, 2.75) is 31.9 Å². The Kier molecular flexibility index (Phi) is 5.90. The summed E-state index contributed by atoms with van der Waals surface area (Å²) in [6.45, 7) is 6.61. The summed E-state index contributed by atoms with van der Waals surface area (Å²) in [4.78, 5) is 25.1. The lowest BCUT2D eigenvalue weighted by Gasteiger charge is -2.38. The third-order valence-electron chi connectivity index (χ3n) is 2.60. The van der Waals surface area contributed by atoms with Crippen molar-refractivity contribution in [3.05, 3.63) is 0 Å². The van der Waals surface area contributed by atoms with E-state index in [0.717, 1.165) is 0 Å². The average Bonchev–Trinajstić information content (AvgIpc) is 2.33. The molecule has 0 aliphatic carbocycles. The van der Waals surface area contributed by atoms with Crippen molar-refractivity contribution in [2.75, 3.05) is 26.2 Å². The van der Waals surface area contributed by atoms with Gasteiger partial charge in [0.25, 0.3) is 6.47 Å². The van der Waals surface area contributed by atoms with Crippen LogP contribution in [0.4, 0.5) is 4.79 Å². The summed E-state index contributed by atoms with van der Waals surface area (Å²) < 4.78 is 31.7. The highest BCUT2D eigenvalue weighted by molar-refractivity contribution is 7.79. The van der Waals surface area contributed by atoms with Crippen LogP contribution >= 0.6 is 0 Å². The summed E-state index contributed by atoms with van der Waals surface area (Å²) in [5, 5.41) is 0. The minimum atomic E-state index is -2.55. The lowest BCUT2D eigenvalue weighted by molar-refractivity contribution is -0.137. The van der Waals surface area contributed by atoms with Crippen LogP contribution in [0.15, 0.2) is 0 Å². The number of amides is 1. The highest BCUT2D eigenvalue weighted by Gasteiger charge is 2.29. The molecule has 0 spiro atoms. The fraction of sp³-hybridized carbons (Fsp3) is 0.818. The summed E-state index contributed by atoms with van der Waals surface area (Å²) in [6.07, 6.45) is -0.437. The van der Waals surface area contributed by atoms with Gasteiger partial charge in [-0.3, -0.25) is 13.9 Å². The molecule has 0 aromatic rings. The summed E-state index contributed by atoms with van der Waals surface area (Å²) >= 11 is -2.55. The van der Waals surface area contributed by atoms with Gasteiger partial charge in [0, 0.05) is 37.3 Å². The molecule has 1 aliphatic heterocycles. The Morgan fingerprint density at radius 3 is 2.25 bits per heavy atom. The molecule has 0 N–H and O–H groups in total. The summed E-state index contributed by atoms with van der Waals surface area (Å²) in [6, 6.07) is 0. The van der Waals surface area contributed by atoms with Gasteiger partial charge in [-0.2, -0.15) is 0 Å². The van der Waals surface area contributed by atoms with Crippen molar-refractivity contribution in [2.24, 2.45) is 0 Å². The van der Waals surface area contributed by atoms with E-state index in [-0.39, 0.29) is 19.6 Å². The maximum Gasteiger partial charge on any atom is 0.410 e. The van der Waals surface area contributed by atoms with Crippen LogP contribution in [-0.4, -0.2) is 68.5 Å². The first-order valence-corrected chi connectivity index (χ1v) is 7.27. The molecule has 9 heteroatoms. The standard InChI is InChI=1S/C11H20N2O6S/c1-11(2,3)19-9(15)12-4-6-13(7-5-12)10(18-8-14)20(16)17/h8,10H,4-7H2,1-3H3,(H,16,17)/p-1/t10-/m1/s1. The zero-order valence-electron chi connectivity index (χ0n) is 11.7. The Balaban J connectivity index is 2.52. The van der Waals surface area contributed by atoms with Crippen LogP contribution in [0.5, 0.6) is 0 Å². The van der Waals surface area contributed by atoms with Gasteiger partial charge in [0.15, 0.2) is 0 Å². The number of nitrogens with zero attached hydrogens (tertiary/aromatic N) is 2. The van der Waals surface area contributed by atoms with Crippen LogP contribution in [-0.2, 0) is 25.3 Å². The molecule has 0 aromatic carbocycles. The lowest BCUT2D eigenvalue weighted by Crippen LogP contribution is -2.54. The highest BCUT2D eigenvalue weighted by Crippen LogP contribution is 2.14. The first-order valence-electron chi connectivity index (χ1n) is 6.14. The van der Waals surface area contributed by atoms with Crippen molar-refractivity contribution in [1.82, 2.24) is 9.80 Å². The molecular formula is C11H19N2O6S-. The van der Waals surface area contributed by atoms with Gasteiger partial charge in [0.2, 0.25) is 5.56 Å². The minimum Gasteiger partial charge on any atom is -0.769 e. The summed E-state index contributed by atoms with van der Waals surface area (Å²) in [5.41, 5.74) is -1.89. The van der Waals surface area contributed by atoms with Crippen molar-refractivity contribution < 1.29 is 27.8 Å². The molecule has 0 aromatic heterocycles. The van der Waals surface area contributed by atoms with E-state index in [1.807, 2.05) is 0 Å². The fourth-order valence-electron chi connectivity index (χ4n) is 1.74. The molecule has 20 heavy (non-hydrogen) atoms. The number of carbonyl (C=O) groups is 2. The number of carbonyl (C=O) groups excluding carboxylic acids is 2. The molecule has 1 amide bonds. The van der Waals surface area contributed by atoms with Gasteiger partial charge in [-0.25, -0.2) is 4.79 Å². The van der Waals surface area contributed by atoms with Crippen molar-refractivity contribution in [1.29, 1.82) is 0 Å². The molecule has 8 nitrogen and oxygen atoms in total. The first-order chi connectivity index (χ1) is 9.24. The van der Waals surface area contributed by atoms with E-state index in [4.69, 9.17) is 4.74 Å². The second-order valence-electron chi connectivity index (χ2n) is 5.30. The van der Waals surface area contributed by atoms with Crippen molar-refractivity contribution >= 4 is 23.6 Å². The zero-order chi connectivity index (χ0) is 15.3. The predicted octanol–water partition coefficient (Wildman–Crippen LogP) is -0.125. The molecular weight excluding hydrogens is 288 g/mol. The molecule has 0 bridgehead atoms. The SMILES string of the molecule is CC(C)(C)OC(=O)N1CCN([C@H](OC=O)S(=O)[O-])CC1. The van der Waals surface area contributed by atoms with E-state index < -0.39 is 28.3 Å². The highest BCUT2D eigenvalue weighted by atomic mass is 32.2. The molecule has 0 radical (unpaired) electrons. The zero-order valence-corrected chi connectivity index (χ0v) is 12.6. The fourth-order valence-corrected chi connectivity index (χ4v) is 2.33. The third kappa shape index (κ3) is 5.06. The molecule has 116 valence electrons. The predicted molar refractivity (Wildman–Crippen MR) is 69.2 cm³/mol. The summed E-state index contributed by atoms with van der Waals surface area (Å²) in [5.74, 6) is 0. The number of piperazine rings is 1. The average molecular weight is 307 g/mol. The molecule has 1 fully saturated rings. The number of rotatable bonds is 4. The van der Waals surface area contributed by atoms with Crippen molar-refractivity contribution in [3.63, 3.8) is 0 Å². The van der Waals surface area contributed by atoms with Gasteiger partial charge in [0.1, 0.15) is 5.60 Å². The van der Waals surface area contributed by atoms with E-state index in [2.05, 4.69) is 4.74 Å². The van der Waals surface area contributed by atoms with Crippen LogP contribution < -0.4 is 0 Å². The van der Waals surface area contributed by atoms with Crippen LogP contribution in [0.2, 0.25) is 0 Å². The second kappa shape index (κ2) is 7.00. The van der Waals surface area contributed by atoms with Gasteiger partial charge in [-0.05, 0) is 20.8 Å². The van der Waals surface area contributed by atoms with E-state index in [1.165, 1.54) is 9.80 Å². The molecule has 1 rings (SSSR count). The second-order valence-corrected chi connectivity index (χ2v) is 6.23. The molecule has 1 aliphatic rings. The Hall–Kier alpha value is -1.19. The van der Waals surface area contributed by atoms with Crippen LogP contribution in [0, 0.1) is 0 Å². The largest absolute Gasteiger partial charge is 0.769 e. The quantitative estimate of drug-likeness (QED) is 0.527. The Morgan fingerprint density at radius 1 is 1.30 bits per heavy atom. The smallest absolute Gasteiger partial charge is 0.410 e. The van der Waals surface area contributed by atoms with Gasteiger partial charge in [-0.1, -0.05) is 0 Å². The normalized spacial score (nSPS) is 20.1. The Morgan fingerprint density at radius 2 is 1.85 bits per heavy atom. The van der Waals surface area contributed by atoms with Gasteiger partial charge < -0.3 is 18.9 Å². The van der Waals surface area contributed by atoms with E-state index in [9.17, 15) is 18.4 Å². The molecule has 1 heterocycles. The van der Waals surface area contributed by atoms with Gasteiger partial charge >= 0.3 is 6.09 Å². The monoisotopic (exact) mass is 307 g/mol. The molecule has 1 unspecified atom stereocenters. The minimum absolute atomic E-state index is 0.0979. The summed E-state index contributed by atoms with van der Waals surface area (Å²) in [7, 11) is 0. The maximum atomic E-state index is 11.8. The van der Waals surface area contributed by atoms with E-state index in [0.29, 0.717) is 13.1 Å². The maximum absolute atomic E-state index is 11.8. The Labute approximate surface area is 120 Å². The number of ether oxygens (including phenoxy) is 2. The topological polar surface area (TPSA) is 99.2 Å². The van der Waals surface area contributed by atoms with E-state index >= 15 is 0 Å². The van der Waals surface area contributed by atoms with Crippen LogP contribution in [0.25, 0.3) is 0 Å². The number of hydrogen-bond donors (Lipinski definition) is 0. The molecule has 1 saturated heterocycles.